The number of hydrogen-bond donors (Lipinski definition) is 4. The first-order chi connectivity index (χ1) is 11.3. The normalized spacial score (nSPS) is 13.2. The molecule has 0 aliphatic rings. The summed E-state index contributed by atoms with van der Waals surface area (Å²) >= 11 is 1.70. The molecule has 1 unspecified atom stereocenters. The molecule has 0 radical (unpaired) electrons. The maximum atomic E-state index is 12.0. The molecule has 0 saturated heterocycles. The van der Waals surface area contributed by atoms with Crippen LogP contribution in [0.2, 0.25) is 0 Å². The quantitative estimate of drug-likeness (QED) is 0.510. The van der Waals surface area contributed by atoms with Crippen LogP contribution < -0.4 is 21.3 Å². The molecule has 1 aromatic carbocycles. The molecule has 134 valence electrons. The minimum Gasteiger partial charge on any atom is -0.497 e. The molecule has 2 amide bonds. The Morgan fingerprint density at radius 1 is 1.33 bits per heavy atom. The van der Waals surface area contributed by atoms with Crippen LogP contribution in [0.1, 0.15) is 30.6 Å². The van der Waals surface area contributed by atoms with E-state index in [0.29, 0.717) is 23.0 Å². The summed E-state index contributed by atoms with van der Waals surface area (Å²) < 4.78 is 5.03. The number of carbonyl (C=O) groups is 2. The Morgan fingerprint density at radius 2 is 2.04 bits per heavy atom. The molecule has 7 nitrogen and oxygen atoms in total. The second kappa shape index (κ2) is 10.2. The number of aliphatic hydroxyl groups excluding tert-OH is 1. The van der Waals surface area contributed by atoms with E-state index in [4.69, 9.17) is 10.5 Å². The molecule has 5 N–H and O–H groups in total. The number of aliphatic hydroxyl groups is 1. The van der Waals surface area contributed by atoms with Crippen LogP contribution in [0, 0.1) is 0 Å². The Hall–Kier alpha value is -1.77. The molecule has 0 aliphatic heterocycles. The van der Waals surface area contributed by atoms with Crippen molar-refractivity contribution in [2.45, 2.75) is 37.7 Å². The van der Waals surface area contributed by atoms with Crippen molar-refractivity contribution in [2.24, 2.45) is 5.73 Å². The molecule has 0 aromatic heterocycles. The monoisotopic (exact) mass is 355 g/mol. The van der Waals surface area contributed by atoms with Crippen LogP contribution >= 0.6 is 11.8 Å². The van der Waals surface area contributed by atoms with Crippen LogP contribution in [-0.2, 0) is 4.79 Å². The van der Waals surface area contributed by atoms with Crippen molar-refractivity contribution in [3.05, 3.63) is 29.8 Å². The molecule has 1 rings (SSSR count). The fourth-order valence-electron chi connectivity index (χ4n) is 1.82. The highest BCUT2D eigenvalue weighted by Gasteiger charge is 2.23. The van der Waals surface area contributed by atoms with Gasteiger partial charge in [-0.25, -0.2) is 0 Å². The molecule has 8 heteroatoms. The third kappa shape index (κ3) is 6.77. The van der Waals surface area contributed by atoms with Gasteiger partial charge in [0, 0.05) is 11.6 Å². The zero-order chi connectivity index (χ0) is 18.1. The Balaban J connectivity index is 2.44. The Bertz CT molecular complexity index is 554. The van der Waals surface area contributed by atoms with Gasteiger partial charge in [0.1, 0.15) is 11.9 Å². The summed E-state index contributed by atoms with van der Waals surface area (Å²) in [6.07, 6.45) is -0.885. The van der Waals surface area contributed by atoms with Gasteiger partial charge in [-0.05, 0) is 35.6 Å². The number of carbonyl (C=O) groups excluding carboxylic acids is 2. The highest BCUT2D eigenvalue weighted by atomic mass is 32.2. The van der Waals surface area contributed by atoms with E-state index in [1.54, 1.807) is 30.0 Å². The lowest BCUT2D eigenvalue weighted by atomic mass is 10.1. The third-order valence-corrected chi connectivity index (χ3v) is 4.35. The molecular weight excluding hydrogens is 330 g/mol. The van der Waals surface area contributed by atoms with Crippen molar-refractivity contribution in [1.29, 1.82) is 0 Å². The number of rotatable bonds is 8. The predicted molar refractivity (Wildman–Crippen MR) is 94.8 cm³/mol. The third-order valence-electron chi connectivity index (χ3n) is 3.21. The molecule has 24 heavy (non-hydrogen) atoms. The van der Waals surface area contributed by atoms with Crippen LogP contribution in [0.25, 0.3) is 0 Å². The van der Waals surface area contributed by atoms with Gasteiger partial charge in [0.15, 0.2) is 0 Å². The van der Waals surface area contributed by atoms with Gasteiger partial charge in [-0.15, -0.1) is 0 Å². The lowest BCUT2D eigenvalue weighted by molar-refractivity contribution is -0.131. The average Bonchev–Trinajstić information content (AvgIpc) is 2.58. The minimum absolute atomic E-state index is 0.321. The van der Waals surface area contributed by atoms with Crippen molar-refractivity contribution in [2.75, 3.05) is 12.9 Å². The average molecular weight is 355 g/mol. The van der Waals surface area contributed by atoms with Gasteiger partial charge < -0.3 is 15.6 Å². The fourth-order valence-corrected chi connectivity index (χ4v) is 2.70. The standard InChI is InChI=1S/C16H25N3O4S/c1-10(2)24-8-7-13(17)14(20)16(22)19-18-15(21)11-5-4-6-12(9-11)23-3/h4-6,9-10,13-14,20H,7-8,17H2,1-3H3,(H,18,21)(H,19,22)/t13-,14?/m1/s1. The lowest BCUT2D eigenvalue weighted by Crippen LogP contribution is -2.52. The Morgan fingerprint density at radius 3 is 2.67 bits per heavy atom. The van der Waals surface area contributed by atoms with Crippen molar-refractivity contribution in [3.8, 4) is 5.75 Å². The number of benzene rings is 1. The first kappa shape index (κ1) is 20.3. The first-order valence-electron chi connectivity index (χ1n) is 7.64. The topological polar surface area (TPSA) is 114 Å². The van der Waals surface area contributed by atoms with E-state index in [0.717, 1.165) is 5.75 Å². The molecule has 0 aliphatic carbocycles. The number of thioether (sulfide) groups is 1. The van der Waals surface area contributed by atoms with E-state index in [2.05, 4.69) is 24.7 Å². The second-order valence-corrected chi connectivity index (χ2v) is 7.18. The maximum absolute atomic E-state index is 12.0. The SMILES string of the molecule is COc1cccc(C(=O)NNC(=O)C(O)[C@H](N)CCSC(C)C)c1. The van der Waals surface area contributed by atoms with E-state index in [1.165, 1.54) is 13.2 Å². The highest BCUT2D eigenvalue weighted by molar-refractivity contribution is 7.99. The first-order valence-corrected chi connectivity index (χ1v) is 8.69. The van der Waals surface area contributed by atoms with Crippen molar-refractivity contribution >= 4 is 23.6 Å². The number of methoxy groups -OCH3 is 1. The summed E-state index contributed by atoms with van der Waals surface area (Å²) in [5.74, 6) is 0.0182. The summed E-state index contributed by atoms with van der Waals surface area (Å²) in [6.45, 7) is 4.13. The van der Waals surface area contributed by atoms with E-state index in [-0.39, 0.29) is 0 Å². The number of nitrogens with one attached hydrogen (secondary N) is 2. The number of hydrazine groups is 1. The smallest absolute Gasteiger partial charge is 0.269 e. The minimum atomic E-state index is -1.39. The maximum Gasteiger partial charge on any atom is 0.269 e. The summed E-state index contributed by atoms with van der Waals surface area (Å²) in [5, 5.41) is 10.4. The van der Waals surface area contributed by atoms with Crippen molar-refractivity contribution in [1.82, 2.24) is 10.9 Å². The molecule has 0 saturated carbocycles. The van der Waals surface area contributed by atoms with Crippen LogP contribution in [0.4, 0.5) is 0 Å². The number of ether oxygens (including phenoxy) is 1. The van der Waals surface area contributed by atoms with E-state index >= 15 is 0 Å². The van der Waals surface area contributed by atoms with E-state index in [1.807, 2.05) is 0 Å². The van der Waals surface area contributed by atoms with E-state index < -0.39 is 24.0 Å². The van der Waals surface area contributed by atoms with Crippen molar-refractivity contribution in [3.63, 3.8) is 0 Å². The summed E-state index contributed by atoms with van der Waals surface area (Å²) in [6, 6.07) is 5.78. The number of hydrogen-bond acceptors (Lipinski definition) is 6. The largest absolute Gasteiger partial charge is 0.497 e. The van der Waals surface area contributed by atoms with Gasteiger partial charge in [-0.3, -0.25) is 20.4 Å². The Kier molecular flexibility index (Phi) is 8.59. The molecule has 0 bridgehead atoms. The molecule has 2 atom stereocenters. The summed E-state index contributed by atoms with van der Waals surface area (Å²) in [7, 11) is 1.49. The van der Waals surface area contributed by atoms with E-state index in [9.17, 15) is 14.7 Å². The summed E-state index contributed by atoms with van der Waals surface area (Å²) in [5.41, 5.74) is 10.6. The second-order valence-electron chi connectivity index (χ2n) is 5.49. The van der Waals surface area contributed by atoms with Crippen LogP contribution in [0.15, 0.2) is 24.3 Å². The number of nitrogens with two attached hydrogens (primary N) is 1. The molecule has 0 heterocycles. The zero-order valence-electron chi connectivity index (χ0n) is 14.1. The van der Waals surface area contributed by atoms with Gasteiger partial charge in [0.25, 0.3) is 11.8 Å². The molecule has 1 aromatic rings. The predicted octanol–water partition coefficient (Wildman–Crippen LogP) is 0.676. The fraction of sp³-hybridized carbons (Fsp3) is 0.500. The molecule has 0 spiro atoms. The summed E-state index contributed by atoms with van der Waals surface area (Å²) in [4.78, 5) is 23.8. The van der Waals surface area contributed by atoms with Crippen molar-refractivity contribution < 1.29 is 19.4 Å². The van der Waals surface area contributed by atoms with Gasteiger partial charge in [-0.1, -0.05) is 19.9 Å². The Labute approximate surface area is 146 Å². The van der Waals surface area contributed by atoms with Crippen LogP contribution in [-0.4, -0.2) is 47.2 Å². The zero-order valence-corrected chi connectivity index (χ0v) is 14.9. The van der Waals surface area contributed by atoms with Gasteiger partial charge >= 0.3 is 0 Å². The number of amides is 2. The van der Waals surface area contributed by atoms with Gasteiger partial charge in [0.2, 0.25) is 0 Å². The van der Waals surface area contributed by atoms with Crippen LogP contribution in [0.5, 0.6) is 5.75 Å². The van der Waals surface area contributed by atoms with Gasteiger partial charge in [0.05, 0.1) is 7.11 Å². The highest BCUT2D eigenvalue weighted by Crippen LogP contribution is 2.13. The molecular formula is C16H25N3O4S. The van der Waals surface area contributed by atoms with Crippen LogP contribution in [0.3, 0.4) is 0 Å². The molecule has 0 fully saturated rings. The lowest BCUT2D eigenvalue weighted by Gasteiger charge is -2.19. The van der Waals surface area contributed by atoms with Gasteiger partial charge in [-0.2, -0.15) is 11.8 Å².